The van der Waals surface area contributed by atoms with Gasteiger partial charge >= 0.3 is 17.9 Å². The van der Waals surface area contributed by atoms with Gasteiger partial charge in [0.25, 0.3) is 0 Å². The summed E-state index contributed by atoms with van der Waals surface area (Å²) in [4.78, 5) is 51.9. The van der Waals surface area contributed by atoms with Gasteiger partial charge in [-0.3, -0.25) is 19.2 Å². The first-order valence-corrected chi connectivity index (χ1v) is 12.9. The van der Waals surface area contributed by atoms with Crippen LogP contribution in [-0.4, -0.2) is 54.1 Å². The molecule has 1 aliphatic carbocycles. The fourth-order valence-corrected chi connectivity index (χ4v) is 4.99. The lowest BCUT2D eigenvalue weighted by atomic mass is 9.58. The molecule has 0 heterocycles. The molecule has 3 rings (SSSR count). The third kappa shape index (κ3) is 7.12. The van der Waals surface area contributed by atoms with Crippen molar-refractivity contribution in [2.45, 2.75) is 39.7 Å². The summed E-state index contributed by atoms with van der Waals surface area (Å²) in [5, 5.41) is 9.53. The van der Waals surface area contributed by atoms with Gasteiger partial charge < -0.3 is 24.2 Å². The minimum atomic E-state index is -1.26. The van der Waals surface area contributed by atoms with E-state index in [9.17, 15) is 24.3 Å². The summed E-state index contributed by atoms with van der Waals surface area (Å²) in [6, 6.07) is 16.9. The number of ether oxygens (including phenoxy) is 3. The Kier molecular flexibility index (Phi) is 10.3. The van der Waals surface area contributed by atoms with Crippen molar-refractivity contribution in [2.75, 3.05) is 20.3 Å². The molecule has 0 radical (unpaired) electrons. The Bertz CT molecular complexity index is 1100. The molecule has 9 heteroatoms. The van der Waals surface area contributed by atoms with Crippen molar-refractivity contribution in [3.05, 3.63) is 60.2 Å². The van der Waals surface area contributed by atoms with Crippen LogP contribution < -0.4 is 4.74 Å². The second-order valence-corrected chi connectivity index (χ2v) is 9.34. The Morgan fingerprint density at radius 1 is 0.974 bits per heavy atom. The monoisotopic (exact) mass is 525 g/mol. The van der Waals surface area contributed by atoms with Crippen molar-refractivity contribution in [3.8, 4) is 11.5 Å². The number of amides is 1. The molecule has 0 aliphatic heterocycles. The van der Waals surface area contributed by atoms with E-state index in [1.807, 2.05) is 61.5 Å². The lowest BCUT2D eigenvalue weighted by Gasteiger charge is -2.46. The maximum absolute atomic E-state index is 13.6. The van der Waals surface area contributed by atoms with Crippen LogP contribution in [0.25, 0.3) is 0 Å². The summed E-state index contributed by atoms with van der Waals surface area (Å²) in [6.45, 7) is 4.49. The Morgan fingerprint density at radius 3 is 2.21 bits per heavy atom. The molecule has 4 atom stereocenters. The van der Waals surface area contributed by atoms with E-state index < -0.39 is 41.6 Å². The van der Waals surface area contributed by atoms with Crippen LogP contribution in [0, 0.1) is 23.7 Å². The van der Waals surface area contributed by atoms with E-state index in [1.54, 1.807) is 11.8 Å². The molecule has 9 nitrogen and oxygen atoms in total. The van der Waals surface area contributed by atoms with Gasteiger partial charge in [0, 0.05) is 25.4 Å². The number of hydrogen-bond acceptors (Lipinski definition) is 7. The van der Waals surface area contributed by atoms with E-state index in [1.165, 1.54) is 7.11 Å². The van der Waals surface area contributed by atoms with Crippen LogP contribution in [0.2, 0.25) is 0 Å². The van der Waals surface area contributed by atoms with Crippen LogP contribution in [0.4, 0.5) is 0 Å². The molecule has 1 saturated carbocycles. The number of carboxylic acid groups (broad SMARTS) is 1. The average molecular weight is 526 g/mol. The maximum Gasteiger partial charge on any atom is 0.320 e. The first-order valence-electron chi connectivity index (χ1n) is 12.9. The van der Waals surface area contributed by atoms with Gasteiger partial charge in [-0.15, -0.1) is 0 Å². The molecule has 1 fully saturated rings. The molecule has 1 aliphatic rings. The van der Waals surface area contributed by atoms with E-state index in [-0.39, 0.29) is 25.4 Å². The average Bonchev–Trinajstić information content (AvgIpc) is 2.90. The van der Waals surface area contributed by atoms with Crippen molar-refractivity contribution in [1.82, 2.24) is 4.90 Å². The molecule has 0 spiro atoms. The first kappa shape index (κ1) is 28.7. The second-order valence-electron chi connectivity index (χ2n) is 9.34. The summed E-state index contributed by atoms with van der Waals surface area (Å²) >= 11 is 0. The quantitative estimate of drug-likeness (QED) is 0.304. The van der Waals surface area contributed by atoms with Crippen LogP contribution in [0.3, 0.4) is 0 Å². The number of carbonyl (C=O) groups excluding carboxylic acids is 3. The fourth-order valence-electron chi connectivity index (χ4n) is 4.99. The number of carboxylic acids is 1. The van der Waals surface area contributed by atoms with Crippen molar-refractivity contribution < 1.29 is 38.5 Å². The number of para-hydroxylation sites is 1. The van der Waals surface area contributed by atoms with E-state index in [4.69, 9.17) is 14.2 Å². The van der Waals surface area contributed by atoms with E-state index in [2.05, 4.69) is 0 Å². The molecular weight excluding hydrogens is 490 g/mol. The predicted octanol–water partition coefficient (Wildman–Crippen LogP) is 4.30. The van der Waals surface area contributed by atoms with Crippen LogP contribution in [0.15, 0.2) is 54.6 Å². The van der Waals surface area contributed by atoms with Gasteiger partial charge in [-0.1, -0.05) is 37.3 Å². The molecule has 1 N–H and O–H groups in total. The minimum absolute atomic E-state index is 0.0739. The zero-order valence-corrected chi connectivity index (χ0v) is 22.0. The zero-order chi connectivity index (χ0) is 27.7. The van der Waals surface area contributed by atoms with Gasteiger partial charge in [-0.25, -0.2) is 0 Å². The molecule has 1 amide bonds. The van der Waals surface area contributed by atoms with E-state index >= 15 is 0 Å². The molecule has 3 unspecified atom stereocenters. The minimum Gasteiger partial charge on any atom is -0.481 e. The molecule has 38 heavy (non-hydrogen) atoms. The van der Waals surface area contributed by atoms with Crippen molar-refractivity contribution in [2.24, 2.45) is 23.7 Å². The van der Waals surface area contributed by atoms with Crippen molar-refractivity contribution in [3.63, 3.8) is 0 Å². The smallest absolute Gasteiger partial charge is 0.320 e. The Balaban J connectivity index is 1.74. The SMILES string of the molecule is CCCN(Cc1ccc(Oc2ccccc2)cc1)C(=O)C1CC([C@@H](C(=O)OC)C(=O)OCC)C1CC(=O)O. The van der Waals surface area contributed by atoms with Crippen LogP contribution >= 0.6 is 0 Å². The lowest BCUT2D eigenvalue weighted by Crippen LogP contribution is -2.53. The third-order valence-corrected chi connectivity index (χ3v) is 6.83. The molecule has 2 aromatic carbocycles. The first-order chi connectivity index (χ1) is 18.3. The van der Waals surface area contributed by atoms with Crippen molar-refractivity contribution >= 4 is 23.8 Å². The summed E-state index contributed by atoms with van der Waals surface area (Å²) in [7, 11) is 1.17. The summed E-state index contributed by atoms with van der Waals surface area (Å²) < 4.78 is 15.7. The van der Waals surface area contributed by atoms with Gasteiger partial charge in [0.15, 0.2) is 5.92 Å². The number of carbonyl (C=O) groups is 4. The van der Waals surface area contributed by atoms with Crippen molar-refractivity contribution in [1.29, 1.82) is 0 Å². The molecule has 2 aromatic rings. The lowest BCUT2D eigenvalue weighted by molar-refractivity contribution is -0.174. The maximum atomic E-state index is 13.6. The molecule has 0 bridgehead atoms. The third-order valence-electron chi connectivity index (χ3n) is 6.83. The Hall–Kier alpha value is -3.88. The van der Waals surface area contributed by atoms with E-state index in [0.29, 0.717) is 25.3 Å². The van der Waals surface area contributed by atoms with Crippen LogP contribution in [-0.2, 0) is 35.2 Å². The number of benzene rings is 2. The van der Waals surface area contributed by atoms with Gasteiger partial charge in [0.05, 0.1) is 13.7 Å². The largest absolute Gasteiger partial charge is 0.481 e. The number of hydrogen-bond donors (Lipinski definition) is 1. The molecular formula is C29H35NO8. The number of esters is 2. The number of nitrogens with zero attached hydrogens (tertiary/aromatic N) is 1. The Labute approximate surface area is 222 Å². The van der Waals surface area contributed by atoms with Gasteiger partial charge in [-0.2, -0.15) is 0 Å². The van der Waals surface area contributed by atoms with Gasteiger partial charge in [0.1, 0.15) is 11.5 Å². The highest BCUT2D eigenvalue weighted by molar-refractivity contribution is 5.96. The van der Waals surface area contributed by atoms with Gasteiger partial charge in [0.2, 0.25) is 5.91 Å². The summed E-state index contributed by atoms with van der Waals surface area (Å²) in [5.41, 5.74) is 0.900. The van der Waals surface area contributed by atoms with Gasteiger partial charge in [-0.05, 0) is 61.4 Å². The second kappa shape index (κ2) is 13.6. The number of rotatable bonds is 13. The molecule has 0 aromatic heterocycles. The summed E-state index contributed by atoms with van der Waals surface area (Å²) in [6.07, 6.45) is 0.590. The zero-order valence-electron chi connectivity index (χ0n) is 22.0. The number of aliphatic carboxylic acids is 1. The van der Waals surface area contributed by atoms with Crippen LogP contribution in [0.1, 0.15) is 38.7 Å². The Morgan fingerprint density at radius 2 is 1.63 bits per heavy atom. The standard InChI is InChI=1S/C29H35NO8/c1-4-15-30(18-19-11-13-21(14-12-19)38-20-9-7-6-8-10-20)27(33)24-16-23(22(24)17-25(31)32)26(28(34)36-3)29(35)37-5-2/h6-14,22-24,26H,4-5,15-18H2,1-3H3,(H,31,32)/t22?,23?,24?,26-/m0/s1. The fraction of sp³-hybridized carbons (Fsp3) is 0.448. The normalized spacial score (nSPS) is 19.0. The van der Waals surface area contributed by atoms with E-state index in [0.717, 1.165) is 11.3 Å². The number of methoxy groups -OCH3 is 1. The highest BCUT2D eigenvalue weighted by Gasteiger charge is 2.54. The molecule has 0 saturated heterocycles. The summed E-state index contributed by atoms with van der Waals surface area (Å²) in [5.74, 6) is -4.64. The highest BCUT2D eigenvalue weighted by Crippen LogP contribution is 2.48. The topological polar surface area (TPSA) is 119 Å². The molecule has 204 valence electrons. The highest BCUT2D eigenvalue weighted by atomic mass is 16.5. The van der Waals surface area contributed by atoms with Crippen LogP contribution in [0.5, 0.6) is 11.5 Å². The predicted molar refractivity (Wildman–Crippen MR) is 138 cm³/mol.